The third kappa shape index (κ3) is 3.29. The van der Waals surface area contributed by atoms with Crippen molar-refractivity contribution in [3.63, 3.8) is 0 Å². The maximum Gasteiger partial charge on any atom is 0.255 e. The minimum absolute atomic E-state index is 0.0213. The van der Waals surface area contributed by atoms with E-state index in [1.54, 1.807) is 17.3 Å². The van der Waals surface area contributed by atoms with Gasteiger partial charge >= 0.3 is 0 Å². The SMILES string of the molecule is O=C(c1cncc(-c2ccc(Cl)cc2)c1)N(CCO)C1CC1. The van der Waals surface area contributed by atoms with Gasteiger partial charge in [-0.2, -0.15) is 0 Å². The molecule has 0 bridgehead atoms. The van der Waals surface area contributed by atoms with E-state index < -0.39 is 0 Å². The first-order chi connectivity index (χ1) is 10.7. The van der Waals surface area contributed by atoms with Crippen molar-refractivity contribution in [2.45, 2.75) is 18.9 Å². The fourth-order valence-electron chi connectivity index (χ4n) is 2.47. The molecule has 1 amide bonds. The van der Waals surface area contributed by atoms with Gasteiger partial charge in [-0.25, -0.2) is 0 Å². The quantitative estimate of drug-likeness (QED) is 0.922. The van der Waals surface area contributed by atoms with Crippen molar-refractivity contribution < 1.29 is 9.90 Å². The van der Waals surface area contributed by atoms with Crippen LogP contribution in [0, 0.1) is 0 Å². The van der Waals surface area contributed by atoms with E-state index in [1.165, 1.54) is 0 Å². The predicted molar refractivity (Wildman–Crippen MR) is 85.8 cm³/mol. The Morgan fingerprint density at radius 1 is 1.23 bits per heavy atom. The number of pyridine rings is 1. The molecule has 114 valence electrons. The summed E-state index contributed by atoms with van der Waals surface area (Å²) >= 11 is 5.90. The van der Waals surface area contributed by atoms with Crippen molar-refractivity contribution in [2.24, 2.45) is 0 Å². The molecule has 1 aromatic heterocycles. The lowest BCUT2D eigenvalue weighted by Crippen LogP contribution is -2.35. The molecule has 1 N–H and O–H groups in total. The molecule has 22 heavy (non-hydrogen) atoms. The second-order valence-electron chi connectivity index (χ2n) is 5.42. The van der Waals surface area contributed by atoms with Gasteiger partial charge in [0, 0.05) is 35.6 Å². The predicted octanol–water partition coefficient (Wildman–Crippen LogP) is 3.00. The van der Waals surface area contributed by atoms with Crippen LogP contribution in [0.25, 0.3) is 11.1 Å². The van der Waals surface area contributed by atoms with Crippen LogP contribution in [0.5, 0.6) is 0 Å². The first kappa shape index (κ1) is 15.0. The van der Waals surface area contributed by atoms with Gasteiger partial charge in [-0.15, -0.1) is 0 Å². The number of carbonyl (C=O) groups is 1. The van der Waals surface area contributed by atoms with E-state index in [4.69, 9.17) is 16.7 Å². The van der Waals surface area contributed by atoms with Gasteiger partial charge in [0.15, 0.2) is 0 Å². The van der Waals surface area contributed by atoms with Crippen molar-refractivity contribution in [3.05, 3.63) is 53.3 Å². The summed E-state index contributed by atoms with van der Waals surface area (Å²) in [5, 5.41) is 9.82. The number of aliphatic hydroxyl groups is 1. The number of benzene rings is 1. The Kier molecular flexibility index (Phi) is 4.41. The molecule has 0 saturated heterocycles. The number of amides is 1. The van der Waals surface area contributed by atoms with Crippen LogP contribution in [0.3, 0.4) is 0 Å². The summed E-state index contributed by atoms with van der Waals surface area (Å²) in [6.45, 7) is 0.348. The van der Waals surface area contributed by atoms with E-state index in [9.17, 15) is 4.79 Å². The standard InChI is InChI=1S/C17H17ClN2O2/c18-15-3-1-12(2-4-15)13-9-14(11-19-10-13)17(22)20(7-8-21)16-5-6-16/h1-4,9-11,16,21H,5-8H2. The zero-order valence-corrected chi connectivity index (χ0v) is 12.8. The van der Waals surface area contributed by atoms with E-state index in [0.29, 0.717) is 17.1 Å². The number of carbonyl (C=O) groups excluding carboxylic acids is 1. The molecule has 1 aliphatic carbocycles. The summed E-state index contributed by atoms with van der Waals surface area (Å²) in [5.74, 6) is -0.0696. The lowest BCUT2D eigenvalue weighted by Gasteiger charge is -2.21. The molecule has 1 aromatic carbocycles. The van der Waals surface area contributed by atoms with E-state index >= 15 is 0 Å². The van der Waals surface area contributed by atoms with E-state index in [1.807, 2.05) is 30.3 Å². The lowest BCUT2D eigenvalue weighted by atomic mass is 10.1. The Labute approximate surface area is 134 Å². The van der Waals surface area contributed by atoms with Gasteiger partial charge in [-0.05, 0) is 36.6 Å². The van der Waals surface area contributed by atoms with Gasteiger partial charge in [0.2, 0.25) is 0 Å². The van der Waals surface area contributed by atoms with Crippen LogP contribution in [-0.4, -0.2) is 40.1 Å². The van der Waals surface area contributed by atoms with Crippen LogP contribution in [0.2, 0.25) is 5.02 Å². The fourth-order valence-corrected chi connectivity index (χ4v) is 2.59. The molecule has 1 aliphatic rings. The summed E-state index contributed by atoms with van der Waals surface area (Å²) < 4.78 is 0. The Morgan fingerprint density at radius 3 is 2.59 bits per heavy atom. The van der Waals surface area contributed by atoms with E-state index in [-0.39, 0.29) is 18.6 Å². The monoisotopic (exact) mass is 316 g/mol. The molecule has 3 rings (SSSR count). The Morgan fingerprint density at radius 2 is 1.95 bits per heavy atom. The molecular weight excluding hydrogens is 300 g/mol. The topological polar surface area (TPSA) is 53.4 Å². The number of aromatic nitrogens is 1. The molecule has 4 nitrogen and oxygen atoms in total. The summed E-state index contributed by atoms with van der Waals surface area (Å²) in [6, 6.07) is 9.53. The molecule has 5 heteroatoms. The zero-order chi connectivity index (χ0) is 15.5. The number of aliphatic hydroxyl groups excluding tert-OH is 1. The van der Waals surface area contributed by atoms with Crippen LogP contribution < -0.4 is 0 Å². The third-order valence-electron chi connectivity index (χ3n) is 3.75. The van der Waals surface area contributed by atoms with E-state index in [2.05, 4.69) is 4.98 Å². The van der Waals surface area contributed by atoms with Crippen LogP contribution in [0.4, 0.5) is 0 Å². The number of hydrogen-bond donors (Lipinski definition) is 1. The number of rotatable bonds is 5. The molecular formula is C17H17ClN2O2. The van der Waals surface area contributed by atoms with Gasteiger partial charge in [-0.3, -0.25) is 9.78 Å². The first-order valence-electron chi connectivity index (χ1n) is 7.32. The van der Waals surface area contributed by atoms with Gasteiger partial charge in [0.05, 0.1) is 12.2 Å². The molecule has 0 radical (unpaired) electrons. The maximum absolute atomic E-state index is 12.6. The highest BCUT2D eigenvalue weighted by molar-refractivity contribution is 6.30. The average molecular weight is 317 g/mol. The van der Waals surface area contributed by atoms with E-state index in [0.717, 1.165) is 24.0 Å². The highest BCUT2D eigenvalue weighted by atomic mass is 35.5. The van der Waals surface area contributed by atoms with Crippen molar-refractivity contribution >= 4 is 17.5 Å². The molecule has 1 heterocycles. The van der Waals surface area contributed by atoms with Gasteiger partial charge in [0.1, 0.15) is 0 Å². The van der Waals surface area contributed by atoms with Crippen molar-refractivity contribution in [2.75, 3.05) is 13.2 Å². The van der Waals surface area contributed by atoms with Crippen LogP contribution in [0.15, 0.2) is 42.7 Å². The second-order valence-corrected chi connectivity index (χ2v) is 5.86. The second kappa shape index (κ2) is 6.46. The van der Waals surface area contributed by atoms with Gasteiger partial charge in [-0.1, -0.05) is 23.7 Å². The number of hydrogen-bond acceptors (Lipinski definition) is 3. The van der Waals surface area contributed by atoms with Crippen LogP contribution in [-0.2, 0) is 0 Å². The molecule has 0 spiro atoms. The fraction of sp³-hybridized carbons (Fsp3) is 0.294. The van der Waals surface area contributed by atoms with Crippen LogP contribution >= 0.6 is 11.6 Å². The molecule has 1 saturated carbocycles. The van der Waals surface area contributed by atoms with Gasteiger partial charge < -0.3 is 10.0 Å². The summed E-state index contributed by atoms with van der Waals surface area (Å²) in [7, 11) is 0. The molecule has 0 atom stereocenters. The van der Waals surface area contributed by atoms with Crippen LogP contribution in [0.1, 0.15) is 23.2 Å². The normalized spacial score (nSPS) is 13.9. The average Bonchev–Trinajstić information content (AvgIpc) is 3.37. The highest BCUT2D eigenvalue weighted by Crippen LogP contribution is 2.28. The molecule has 0 aliphatic heterocycles. The summed E-state index contributed by atoms with van der Waals surface area (Å²) in [6.07, 6.45) is 5.33. The zero-order valence-electron chi connectivity index (χ0n) is 12.1. The lowest BCUT2D eigenvalue weighted by molar-refractivity contribution is 0.0707. The molecule has 1 fully saturated rings. The summed E-state index contributed by atoms with van der Waals surface area (Å²) in [4.78, 5) is 18.5. The van der Waals surface area contributed by atoms with Gasteiger partial charge in [0.25, 0.3) is 5.91 Å². The minimum atomic E-state index is -0.0696. The number of nitrogens with zero attached hydrogens (tertiary/aromatic N) is 2. The van der Waals surface area contributed by atoms with Crippen molar-refractivity contribution in [1.29, 1.82) is 0 Å². The number of halogens is 1. The summed E-state index contributed by atoms with van der Waals surface area (Å²) in [5.41, 5.74) is 2.39. The largest absolute Gasteiger partial charge is 0.395 e. The Hall–Kier alpha value is -1.91. The molecule has 0 unspecified atom stereocenters. The van der Waals surface area contributed by atoms with Crippen molar-refractivity contribution in [1.82, 2.24) is 9.88 Å². The molecule has 2 aromatic rings. The third-order valence-corrected chi connectivity index (χ3v) is 4.00. The minimum Gasteiger partial charge on any atom is -0.395 e. The smallest absolute Gasteiger partial charge is 0.255 e. The van der Waals surface area contributed by atoms with Crippen molar-refractivity contribution in [3.8, 4) is 11.1 Å². The highest BCUT2D eigenvalue weighted by Gasteiger charge is 2.32. The first-order valence-corrected chi connectivity index (χ1v) is 7.69. The maximum atomic E-state index is 12.6. The Balaban J connectivity index is 1.86. The Bertz CT molecular complexity index is 669.